The number of rotatable bonds is 5. The van der Waals surface area contributed by atoms with E-state index in [-0.39, 0.29) is 5.91 Å². The van der Waals surface area contributed by atoms with Crippen LogP contribution in [-0.4, -0.2) is 30.1 Å². The van der Waals surface area contributed by atoms with Gasteiger partial charge in [-0.15, -0.1) is 0 Å². The molecule has 2 N–H and O–H groups in total. The molecule has 0 unspecified atom stereocenters. The fourth-order valence-corrected chi connectivity index (χ4v) is 3.19. The number of fused-ring (bicyclic) bond motifs is 1. The normalized spacial score (nSPS) is 10.7. The highest BCUT2D eigenvalue weighted by molar-refractivity contribution is 6.34. The Morgan fingerprint density at radius 2 is 1.79 bits per heavy atom. The van der Waals surface area contributed by atoms with Gasteiger partial charge in [0.25, 0.3) is 5.91 Å². The molecule has 0 radical (unpaired) electrons. The van der Waals surface area contributed by atoms with E-state index in [1.165, 1.54) is 7.11 Å². The Morgan fingerprint density at radius 3 is 2.55 bits per heavy atom. The molecule has 0 atom stereocenters. The summed E-state index contributed by atoms with van der Waals surface area (Å²) in [7, 11) is 3.06. The van der Waals surface area contributed by atoms with Crippen LogP contribution in [0.2, 0.25) is 5.02 Å². The zero-order valence-electron chi connectivity index (χ0n) is 15.8. The van der Waals surface area contributed by atoms with Gasteiger partial charge in [-0.2, -0.15) is 0 Å². The number of hydrogen-bond acceptors (Lipinski definition) is 4. The third-order valence-corrected chi connectivity index (χ3v) is 4.85. The van der Waals surface area contributed by atoms with Gasteiger partial charge in [-0.05, 0) is 48.5 Å². The zero-order chi connectivity index (χ0) is 20.4. The third kappa shape index (κ3) is 3.75. The van der Waals surface area contributed by atoms with Crippen LogP contribution in [0.1, 0.15) is 10.4 Å². The van der Waals surface area contributed by atoms with Crippen LogP contribution in [0.25, 0.3) is 22.4 Å². The van der Waals surface area contributed by atoms with Crippen LogP contribution >= 0.6 is 11.6 Å². The molecule has 0 bridgehead atoms. The molecule has 1 aromatic heterocycles. The minimum atomic E-state index is -0.311. The van der Waals surface area contributed by atoms with Crippen molar-refractivity contribution in [3.63, 3.8) is 0 Å². The Balaban J connectivity index is 1.63. The minimum absolute atomic E-state index is 0.311. The Hall–Kier alpha value is -3.51. The van der Waals surface area contributed by atoms with Gasteiger partial charge in [0.15, 0.2) is 11.5 Å². The second kappa shape index (κ2) is 7.85. The van der Waals surface area contributed by atoms with E-state index in [9.17, 15) is 4.79 Å². The van der Waals surface area contributed by atoms with Crippen molar-refractivity contribution in [1.29, 1.82) is 0 Å². The fraction of sp³-hybridized carbons (Fsp3) is 0.0909. The summed E-state index contributed by atoms with van der Waals surface area (Å²) in [6.07, 6.45) is 0. The maximum atomic E-state index is 12.7. The summed E-state index contributed by atoms with van der Waals surface area (Å²) >= 11 is 6.31. The molecule has 29 heavy (non-hydrogen) atoms. The van der Waals surface area contributed by atoms with Gasteiger partial charge in [0.2, 0.25) is 0 Å². The SMILES string of the molecule is COc1ccc(C(=O)Nc2cc(-c3nc4ccccc4[nH]3)ccc2Cl)cc1OC. The van der Waals surface area contributed by atoms with Crippen LogP contribution in [0.4, 0.5) is 5.69 Å². The molecule has 1 heterocycles. The number of amides is 1. The van der Waals surface area contributed by atoms with Crippen LogP contribution in [0.15, 0.2) is 60.7 Å². The van der Waals surface area contributed by atoms with Crippen LogP contribution < -0.4 is 14.8 Å². The van der Waals surface area contributed by atoms with Crippen molar-refractivity contribution in [3.05, 3.63) is 71.2 Å². The van der Waals surface area contributed by atoms with Gasteiger partial charge in [0, 0.05) is 11.1 Å². The lowest BCUT2D eigenvalue weighted by Gasteiger charge is -2.11. The number of methoxy groups -OCH3 is 2. The summed E-state index contributed by atoms with van der Waals surface area (Å²) in [5, 5.41) is 3.28. The summed E-state index contributed by atoms with van der Waals surface area (Å²) in [4.78, 5) is 20.6. The number of carbonyl (C=O) groups excluding carboxylic acids is 1. The lowest BCUT2D eigenvalue weighted by Crippen LogP contribution is -2.12. The first-order chi connectivity index (χ1) is 14.1. The van der Waals surface area contributed by atoms with Gasteiger partial charge in [0.05, 0.1) is 36.0 Å². The molecule has 6 nitrogen and oxygen atoms in total. The van der Waals surface area contributed by atoms with E-state index in [1.807, 2.05) is 30.3 Å². The third-order valence-electron chi connectivity index (χ3n) is 4.52. The van der Waals surface area contributed by atoms with E-state index in [4.69, 9.17) is 21.1 Å². The fourth-order valence-electron chi connectivity index (χ4n) is 3.03. The number of hydrogen-bond donors (Lipinski definition) is 2. The predicted molar refractivity (Wildman–Crippen MR) is 114 cm³/mol. The maximum absolute atomic E-state index is 12.7. The first-order valence-electron chi connectivity index (χ1n) is 8.87. The van der Waals surface area contributed by atoms with Crippen molar-refractivity contribution in [3.8, 4) is 22.9 Å². The number of imidazole rings is 1. The molecule has 4 rings (SSSR count). The molecule has 0 saturated carbocycles. The monoisotopic (exact) mass is 407 g/mol. The molecule has 146 valence electrons. The number of carbonyl (C=O) groups is 1. The largest absolute Gasteiger partial charge is 0.493 e. The highest BCUT2D eigenvalue weighted by atomic mass is 35.5. The first-order valence-corrected chi connectivity index (χ1v) is 9.25. The summed E-state index contributed by atoms with van der Waals surface area (Å²) in [6.45, 7) is 0. The molecule has 1 amide bonds. The van der Waals surface area contributed by atoms with Crippen molar-refractivity contribution < 1.29 is 14.3 Å². The van der Waals surface area contributed by atoms with Crippen molar-refractivity contribution in [2.75, 3.05) is 19.5 Å². The Morgan fingerprint density at radius 1 is 1.00 bits per heavy atom. The van der Waals surface area contributed by atoms with E-state index in [2.05, 4.69) is 15.3 Å². The smallest absolute Gasteiger partial charge is 0.255 e. The number of para-hydroxylation sites is 2. The number of ether oxygens (including phenoxy) is 2. The highest BCUT2D eigenvalue weighted by Crippen LogP contribution is 2.31. The van der Waals surface area contributed by atoms with E-state index in [1.54, 1.807) is 37.4 Å². The van der Waals surface area contributed by atoms with Crippen LogP contribution in [-0.2, 0) is 0 Å². The van der Waals surface area contributed by atoms with E-state index in [0.717, 1.165) is 16.6 Å². The molecule has 7 heteroatoms. The average molecular weight is 408 g/mol. The Labute approximate surface area is 172 Å². The van der Waals surface area contributed by atoms with Gasteiger partial charge < -0.3 is 19.8 Å². The van der Waals surface area contributed by atoms with Crippen LogP contribution in [0, 0.1) is 0 Å². The summed E-state index contributed by atoms with van der Waals surface area (Å²) in [5.74, 6) is 1.41. The number of H-pyrrole nitrogens is 1. The van der Waals surface area contributed by atoms with Crippen molar-refractivity contribution in [1.82, 2.24) is 9.97 Å². The number of nitrogens with one attached hydrogen (secondary N) is 2. The highest BCUT2D eigenvalue weighted by Gasteiger charge is 2.14. The molecular formula is C22H18ClN3O3. The van der Waals surface area contributed by atoms with Gasteiger partial charge in [-0.25, -0.2) is 4.98 Å². The van der Waals surface area contributed by atoms with Gasteiger partial charge in [-0.3, -0.25) is 4.79 Å². The minimum Gasteiger partial charge on any atom is -0.493 e. The van der Waals surface area contributed by atoms with E-state index >= 15 is 0 Å². The molecule has 0 fully saturated rings. The summed E-state index contributed by atoms with van der Waals surface area (Å²) < 4.78 is 10.5. The molecule has 0 saturated heterocycles. The number of halogens is 1. The molecule has 0 aliphatic heterocycles. The predicted octanol–water partition coefficient (Wildman–Crippen LogP) is 5.15. The topological polar surface area (TPSA) is 76.2 Å². The molecule has 4 aromatic rings. The zero-order valence-corrected chi connectivity index (χ0v) is 16.6. The standard InChI is InChI=1S/C22H18ClN3O3/c1-28-19-10-8-14(12-20(19)29-2)22(27)26-18-11-13(7-9-15(18)23)21-24-16-5-3-4-6-17(16)25-21/h3-12H,1-2H3,(H,24,25)(H,26,27). The second-order valence-electron chi connectivity index (χ2n) is 6.32. The van der Waals surface area contributed by atoms with Gasteiger partial charge in [-0.1, -0.05) is 23.7 Å². The second-order valence-corrected chi connectivity index (χ2v) is 6.73. The first kappa shape index (κ1) is 18.8. The molecule has 3 aromatic carbocycles. The molecule has 0 aliphatic carbocycles. The van der Waals surface area contributed by atoms with Crippen LogP contribution in [0.3, 0.4) is 0 Å². The lowest BCUT2D eigenvalue weighted by atomic mass is 10.1. The van der Waals surface area contributed by atoms with Crippen LogP contribution in [0.5, 0.6) is 11.5 Å². The summed E-state index contributed by atoms with van der Waals surface area (Å²) in [5.41, 5.74) is 3.53. The van der Waals surface area contributed by atoms with Crippen molar-refractivity contribution >= 4 is 34.2 Å². The lowest BCUT2D eigenvalue weighted by molar-refractivity contribution is 0.102. The number of anilines is 1. The number of benzene rings is 3. The van der Waals surface area contributed by atoms with E-state index < -0.39 is 0 Å². The van der Waals surface area contributed by atoms with Crippen molar-refractivity contribution in [2.24, 2.45) is 0 Å². The molecular weight excluding hydrogens is 390 g/mol. The maximum Gasteiger partial charge on any atom is 0.255 e. The average Bonchev–Trinajstić information content (AvgIpc) is 3.19. The van der Waals surface area contributed by atoms with Gasteiger partial charge in [0.1, 0.15) is 5.82 Å². The molecule has 0 aliphatic rings. The Kier molecular flexibility index (Phi) is 5.10. The number of aromatic nitrogens is 2. The summed E-state index contributed by atoms with van der Waals surface area (Å²) in [6, 6.07) is 18.1. The molecule has 0 spiro atoms. The Bertz CT molecular complexity index is 1170. The van der Waals surface area contributed by atoms with Gasteiger partial charge >= 0.3 is 0 Å². The number of aromatic amines is 1. The number of nitrogens with zero attached hydrogens (tertiary/aromatic N) is 1. The van der Waals surface area contributed by atoms with Crippen molar-refractivity contribution in [2.45, 2.75) is 0 Å². The van der Waals surface area contributed by atoms with E-state index in [0.29, 0.717) is 33.6 Å². The quantitative estimate of drug-likeness (QED) is 0.479.